The highest BCUT2D eigenvalue weighted by atomic mass is 32.2. The van der Waals surface area contributed by atoms with Gasteiger partial charge in [-0.05, 0) is 35.6 Å². The third kappa shape index (κ3) is 11.1. The molecule has 1 fully saturated rings. The van der Waals surface area contributed by atoms with Crippen LogP contribution in [0.25, 0.3) is 10.4 Å². The van der Waals surface area contributed by atoms with Gasteiger partial charge >= 0.3 is 0 Å². The highest BCUT2D eigenvalue weighted by Crippen LogP contribution is 2.28. The molecule has 2 heterocycles. The number of β-amino-alcohol motifs (C(OH)–C–C–N with tert-alkyl or cyclic N) is 1. The molecule has 0 saturated carbocycles. The fourth-order valence-electron chi connectivity index (χ4n) is 5.36. The van der Waals surface area contributed by atoms with E-state index < -0.39 is 45.5 Å². The van der Waals surface area contributed by atoms with E-state index in [1.165, 1.54) is 17.0 Å². The Hall–Kier alpha value is -3.73. The predicted octanol–water partition coefficient (Wildman–Crippen LogP) is 3.06. The first-order chi connectivity index (χ1) is 23.8. The SMILES string of the molecule is Cc1ncsc1-c1ccc(CNC(=O)[C@@H]2C[C@@H](O)CN2C(=O)[C@@H](NC(=O)CCOCCOCCOS(=O)(=O)c2ccccc2)C(C)(C)C)cc1. The first-order valence-electron chi connectivity index (χ1n) is 16.4. The summed E-state index contributed by atoms with van der Waals surface area (Å²) in [5.74, 6) is -1.23. The molecule has 0 radical (unpaired) electrons. The largest absolute Gasteiger partial charge is 0.391 e. The van der Waals surface area contributed by atoms with Crippen LogP contribution in [0.3, 0.4) is 0 Å². The van der Waals surface area contributed by atoms with Crippen LogP contribution in [0.1, 0.15) is 44.9 Å². The minimum absolute atomic E-state index is 0.0192. The second kappa shape index (κ2) is 18.0. The normalized spacial score (nSPS) is 17.0. The van der Waals surface area contributed by atoms with Gasteiger partial charge in [0.25, 0.3) is 10.1 Å². The number of hydrogen-bond donors (Lipinski definition) is 3. The van der Waals surface area contributed by atoms with Crippen LogP contribution in [0.15, 0.2) is 65.0 Å². The lowest BCUT2D eigenvalue weighted by Gasteiger charge is -2.35. The topological polar surface area (TPSA) is 173 Å². The van der Waals surface area contributed by atoms with Crippen LogP contribution >= 0.6 is 11.3 Å². The fourth-order valence-corrected chi connectivity index (χ4v) is 7.08. The number of hydrogen-bond acceptors (Lipinski definition) is 11. The van der Waals surface area contributed by atoms with Gasteiger partial charge in [-0.15, -0.1) is 11.3 Å². The Morgan fingerprint density at radius 2 is 1.66 bits per heavy atom. The Morgan fingerprint density at radius 3 is 2.30 bits per heavy atom. The maximum absolute atomic E-state index is 13.8. The van der Waals surface area contributed by atoms with Gasteiger partial charge in [0.2, 0.25) is 17.7 Å². The molecule has 4 rings (SSSR count). The summed E-state index contributed by atoms with van der Waals surface area (Å²) in [6.45, 7) is 7.93. The van der Waals surface area contributed by atoms with E-state index >= 15 is 0 Å². The van der Waals surface area contributed by atoms with Gasteiger partial charge in [-0.3, -0.25) is 18.6 Å². The third-order valence-electron chi connectivity index (χ3n) is 8.05. The van der Waals surface area contributed by atoms with Crippen molar-refractivity contribution < 1.29 is 41.6 Å². The van der Waals surface area contributed by atoms with Crippen molar-refractivity contribution in [2.75, 3.05) is 39.6 Å². The Bertz CT molecular complexity index is 1680. The number of aliphatic hydroxyl groups excluding tert-OH is 1. The number of likely N-dealkylation sites (tertiary alicyclic amines) is 1. The summed E-state index contributed by atoms with van der Waals surface area (Å²) in [5, 5.41) is 16.2. The maximum atomic E-state index is 13.8. The molecule has 1 saturated heterocycles. The van der Waals surface area contributed by atoms with Crippen molar-refractivity contribution in [2.24, 2.45) is 5.41 Å². The number of nitrogens with one attached hydrogen (secondary N) is 2. The molecule has 0 unspecified atom stereocenters. The molecule has 15 heteroatoms. The summed E-state index contributed by atoms with van der Waals surface area (Å²) in [6.07, 6.45) is -0.799. The van der Waals surface area contributed by atoms with Gasteiger partial charge < -0.3 is 30.1 Å². The molecule has 3 atom stereocenters. The van der Waals surface area contributed by atoms with E-state index in [-0.39, 0.29) is 69.8 Å². The number of ether oxygens (including phenoxy) is 2. The third-order valence-corrected chi connectivity index (χ3v) is 10.4. The summed E-state index contributed by atoms with van der Waals surface area (Å²) in [7, 11) is -3.85. The Morgan fingerprint density at radius 1 is 1.00 bits per heavy atom. The second-order valence-electron chi connectivity index (χ2n) is 13.0. The van der Waals surface area contributed by atoms with Crippen molar-refractivity contribution in [2.45, 2.75) is 70.2 Å². The zero-order valence-corrected chi connectivity index (χ0v) is 30.4. The zero-order chi connectivity index (χ0) is 36.3. The Labute approximate surface area is 297 Å². The van der Waals surface area contributed by atoms with Crippen LogP contribution in [-0.2, 0) is 44.7 Å². The number of aryl methyl sites for hydroxylation is 1. The van der Waals surface area contributed by atoms with E-state index in [2.05, 4.69) is 15.6 Å². The monoisotopic (exact) mass is 730 g/mol. The van der Waals surface area contributed by atoms with Gasteiger partial charge in [-0.1, -0.05) is 63.2 Å². The van der Waals surface area contributed by atoms with Crippen molar-refractivity contribution in [3.8, 4) is 10.4 Å². The van der Waals surface area contributed by atoms with Crippen LogP contribution in [0.5, 0.6) is 0 Å². The lowest BCUT2D eigenvalue weighted by molar-refractivity contribution is -0.144. The molecule has 0 spiro atoms. The molecule has 0 bridgehead atoms. The van der Waals surface area contributed by atoms with Gasteiger partial charge in [0, 0.05) is 25.9 Å². The van der Waals surface area contributed by atoms with Crippen LogP contribution in [0.4, 0.5) is 0 Å². The zero-order valence-electron chi connectivity index (χ0n) is 28.8. The molecule has 2 aromatic carbocycles. The van der Waals surface area contributed by atoms with E-state index in [0.717, 1.165) is 21.7 Å². The Kier molecular flexibility index (Phi) is 14.0. The number of aromatic nitrogens is 1. The van der Waals surface area contributed by atoms with E-state index in [1.54, 1.807) is 35.0 Å². The van der Waals surface area contributed by atoms with E-state index in [0.29, 0.717) is 0 Å². The van der Waals surface area contributed by atoms with Crippen molar-refractivity contribution in [3.05, 3.63) is 71.4 Å². The molecule has 272 valence electrons. The molecule has 3 aromatic rings. The molecular formula is C35H46N4O9S2. The smallest absolute Gasteiger partial charge is 0.297 e. The van der Waals surface area contributed by atoms with Crippen LogP contribution in [-0.4, -0.2) is 98.9 Å². The average molecular weight is 731 g/mol. The first-order valence-corrected chi connectivity index (χ1v) is 18.7. The summed E-state index contributed by atoms with van der Waals surface area (Å²) in [4.78, 5) is 46.8. The number of aliphatic hydroxyl groups is 1. The molecule has 13 nitrogen and oxygen atoms in total. The van der Waals surface area contributed by atoms with Crippen molar-refractivity contribution >= 4 is 39.2 Å². The van der Waals surface area contributed by atoms with E-state index in [1.807, 2.05) is 52.0 Å². The molecule has 1 aromatic heterocycles. The van der Waals surface area contributed by atoms with Gasteiger partial charge in [0.05, 0.1) is 60.1 Å². The van der Waals surface area contributed by atoms with Gasteiger partial charge in [-0.25, -0.2) is 4.98 Å². The molecule has 0 aliphatic carbocycles. The molecular weight excluding hydrogens is 685 g/mol. The van der Waals surface area contributed by atoms with E-state index in [9.17, 15) is 27.9 Å². The van der Waals surface area contributed by atoms with Crippen LogP contribution in [0, 0.1) is 12.3 Å². The van der Waals surface area contributed by atoms with Crippen molar-refractivity contribution in [3.63, 3.8) is 0 Å². The number of nitrogens with zero attached hydrogens (tertiary/aromatic N) is 2. The summed E-state index contributed by atoms with van der Waals surface area (Å²) in [6, 6.07) is 13.8. The second-order valence-corrected chi connectivity index (χ2v) is 15.5. The molecule has 3 amide bonds. The fraction of sp³-hybridized carbons (Fsp3) is 0.486. The number of amides is 3. The first kappa shape index (κ1) is 39.1. The molecule has 1 aliphatic rings. The van der Waals surface area contributed by atoms with E-state index in [4.69, 9.17) is 13.7 Å². The maximum Gasteiger partial charge on any atom is 0.297 e. The number of carbonyl (C=O) groups is 3. The number of rotatable bonds is 17. The quantitative estimate of drug-likeness (QED) is 0.138. The standard InChI is InChI=1S/C35H46N4O9S2/c1-24-31(49-23-37-24)26-12-10-25(11-13-26)21-36-33(42)29-20-27(40)22-39(29)34(43)32(35(2,3)4)38-30(41)14-15-46-16-17-47-18-19-48-50(44,45)28-8-6-5-7-9-28/h5-13,23,27,29,32,40H,14-22H2,1-4H3,(H,36,42)(H,38,41)/t27-,29+,32-/m1/s1. The minimum atomic E-state index is -3.85. The summed E-state index contributed by atoms with van der Waals surface area (Å²) < 4.78 is 40.0. The van der Waals surface area contributed by atoms with Crippen LogP contribution in [0.2, 0.25) is 0 Å². The van der Waals surface area contributed by atoms with Crippen molar-refractivity contribution in [1.82, 2.24) is 20.5 Å². The lowest BCUT2D eigenvalue weighted by atomic mass is 9.85. The number of carbonyl (C=O) groups excluding carboxylic acids is 3. The minimum Gasteiger partial charge on any atom is -0.391 e. The molecule has 1 aliphatic heterocycles. The number of benzene rings is 2. The van der Waals surface area contributed by atoms with Gasteiger partial charge in [0.15, 0.2) is 0 Å². The number of thiazole rings is 1. The highest BCUT2D eigenvalue weighted by molar-refractivity contribution is 7.86. The van der Waals surface area contributed by atoms with Crippen molar-refractivity contribution in [1.29, 1.82) is 0 Å². The summed E-state index contributed by atoms with van der Waals surface area (Å²) >= 11 is 1.57. The molecule has 50 heavy (non-hydrogen) atoms. The lowest BCUT2D eigenvalue weighted by Crippen LogP contribution is -2.57. The van der Waals surface area contributed by atoms with Gasteiger partial charge in [-0.2, -0.15) is 8.42 Å². The highest BCUT2D eigenvalue weighted by Gasteiger charge is 2.44. The average Bonchev–Trinajstić information content (AvgIpc) is 3.70. The molecule has 3 N–H and O–H groups in total. The van der Waals surface area contributed by atoms with Gasteiger partial charge in [0.1, 0.15) is 12.1 Å². The van der Waals surface area contributed by atoms with Crippen LogP contribution < -0.4 is 10.6 Å². The summed E-state index contributed by atoms with van der Waals surface area (Å²) in [5.41, 5.74) is 4.00. The predicted molar refractivity (Wildman–Crippen MR) is 187 cm³/mol. The Balaban J connectivity index is 1.19.